The first-order valence-electron chi connectivity index (χ1n) is 7.03. The van der Waals surface area contributed by atoms with Crippen LogP contribution in [-0.4, -0.2) is 25.3 Å². The third-order valence-corrected chi connectivity index (χ3v) is 4.11. The number of rotatable bonds is 5. The molecule has 0 fully saturated rings. The Kier molecular flexibility index (Phi) is 4.91. The van der Waals surface area contributed by atoms with Gasteiger partial charge in [0.25, 0.3) is 0 Å². The number of hydrogen-bond acceptors (Lipinski definition) is 4. The Morgan fingerprint density at radius 3 is 2.30 bits per heavy atom. The van der Waals surface area contributed by atoms with Crippen LogP contribution in [0.5, 0.6) is 0 Å². The summed E-state index contributed by atoms with van der Waals surface area (Å²) in [6.45, 7) is 0.565. The molecule has 0 saturated carbocycles. The number of hydrogen-bond donors (Lipinski definition) is 1. The average Bonchev–Trinajstić information content (AvgIpc) is 2.99. The first kappa shape index (κ1) is 15.9. The van der Waals surface area contributed by atoms with E-state index < -0.39 is 0 Å². The van der Waals surface area contributed by atoms with Gasteiger partial charge in [0.15, 0.2) is 5.82 Å². The highest BCUT2D eigenvalue weighted by atomic mass is 35.5. The molecule has 0 atom stereocenters. The van der Waals surface area contributed by atoms with Crippen molar-refractivity contribution in [3.8, 4) is 0 Å². The molecule has 0 unspecified atom stereocenters. The summed E-state index contributed by atoms with van der Waals surface area (Å²) in [5.41, 5.74) is 2.90. The van der Waals surface area contributed by atoms with E-state index in [1.807, 2.05) is 30.3 Å². The standard InChI is InChI=1S/C16H14Cl2N4O/c17-14-6-5-13(7-15(14)18)8-16-19-21-22(20-16)9-11-1-3-12(10-23)4-2-11/h1-7,23H,8-10H2. The summed E-state index contributed by atoms with van der Waals surface area (Å²) < 4.78 is 0. The van der Waals surface area contributed by atoms with Crippen molar-refractivity contribution in [2.24, 2.45) is 0 Å². The fraction of sp³-hybridized carbons (Fsp3) is 0.188. The molecular weight excluding hydrogens is 335 g/mol. The van der Waals surface area contributed by atoms with Crippen LogP contribution in [-0.2, 0) is 19.6 Å². The quantitative estimate of drug-likeness (QED) is 0.769. The lowest BCUT2D eigenvalue weighted by molar-refractivity contribution is 0.282. The minimum Gasteiger partial charge on any atom is -0.392 e. The highest BCUT2D eigenvalue weighted by Gasteiger charge is 2.07. The summed E-state index contributed by atoms with van der Waals surface area (Å²) in [5.74, 6) is 0.621. The summed E-state index contributed by atoms with van der Waals surface area (Å²) in [4.78, 5) is 1.54. The molecule has 5 nitrogen and oxygen atoms in total. The molecule has 0 aliphatic carbocycles. The van der Waals surface area contributed by atoms with E-state index in [9.17, 15) is 0 Å². The summed E-state index contributed by atoms with van der Waals surface area (Å²) in [6, 6.07) is 13.1. The Labute approximate surface area is 143 Å². The summed E-state index contributed by atoms with van der Waals surface area (Å²) in [7, 11) is 0. The second-order valence-corrected chi connectivity index (χ2v) is 5.95. The number of aliphatic hydroxyl groups is 1. The van der Waals surface area contributed by atoms with E-state index in [0.29, 0.717) is 28.8 Å². The number of aromatic nitrogens is 4. The molecule has 0 amide bonds. The van der Waals surface area contributed by atoms with Crippen molar-refractivity contribution in [2.45, 2.75) is 19.6 Å². The van der Waals surface area contributed by atoms with E-state index in [1.54, 1.807) is 16.9 Å². The first-order valence-corrected chi connectivity index (χ1v) is 7.79. The molecule has 0 aliphatic rings. The largest absolute Gasteiger partial charge is 0.392 e. The molecule has 0 aliphatic heterocycles. The van der Waals surface area contributed by atoms with Crippen molar-refractivity contribution in [2.75, 3.05) is 0 Å². The van der Waals surface area contributed by atoms with Crippen LogP contribution >= 0.6 is 23.2 Å². The molecule has 0 saturated heterocycles. The number of benzene rings is 2. The van der Waals surface area contributed by atoms with Gasteiger partial charge in [-0.3, -0.25) is 0 Å². The van der Waals surface area contributed by atoms with Crippen molar-refractivity contribution < 1.29 is 5.11 Å². The van der Waals surface area contributed by atoms with Gasteiger partial charge >= 0.3 is 0 Å². The van der Waals surface area contributed by atoms with E-state index in [1.165, 1.54) is 0 Å². The van der Waals surface area contributed by atoms with Gasteiger partial charge in [-0.25, -0.2) is 0 Å². The third kappa shape index (κ3) is 4.07. The van der Waals surface area contributed by atoms with Gasteiger partial charge in [-0.15, -0.1) is 10.2 Å². The predicted octanol–water partition coefficient (Wildman–Crippen LogP) is 3.11. The molecular formula is C16H14Cl2N4O. The average molecular weight is 349 g/mol. The molecule has 7 heteroatoms. The topological polar surface area (TPSA) is 63.8 Å². The van der Waals surface area contributed by atoms with Crippen molar-refractivity contribution >= 4 is 23.2 Å². The van der Waals surface area contributed by atoms with Crippen LogP contribution in [0.4, 0.5) is 0 Å². The van der Waals surface area contributed by atoms with Crippen molar-refractivity contribution in [1.82, 2.24) is 20.2 Å². The minimum absolute atomic E-state index is 0.0374. The van der Waals surface area contributed by atoms with E-state index in [0.717, 1.165) is 16.7 Å². The fourth-order valence-electron chi connectivity index (χ4n) is 2.16. The highest BCUT2D eigenvalue weighted by Crippen LogP contribution is 2.23. The van der Waals surface area contributed by atoms with Crippen LogP contribution in [0.1, 0.15) is 22.5 Å². The van der Waals surface area contributed by atoms with Gasteiger partial charge in [0, 0.05) is 6.42 Å². The van der Waals surface area contributed by atoms with E-state index in [-0.39, 0.29) is 6.61 Å². The molecule has 1 heterocycles. The maximum atomic E-state index is 9.04. The van der Waals surface area contributed by atoms with Gasteiger partial charge < -0.3 is 5.11 Å². The van der Waals surface area contributed by atoms with Crippen molar-refractivity contribution in [3.05, 3.63) is 75.0 Å². The minimum atomic E-state index is 0.0374. The van der Waals surface area contributed by atoms with Gasteiger partial charge in [0.1, 0.15) is 0 Å². The van der Waals surface area contributed by atoms with Gasteiger partial charge in [-0.05, 0) is 34.0 Å². The fourth-order valence-corrected chi connectivity index (χ4v) is 2.48. The molecule has 1 aromatic heterocycles. The van der Waals surface area contributed by atoms with E-state index in [2.05, 4.69) is 15.4 Å². The zero-order chi connectivity index (χ0) is 16.2. The van der Waals surface area contributed by atoms with Crippen molar-refractivity contribution in [1.29, 1.82) is 0 Å². The Hall–Kier alpha value is -1.95. The maximum absolute atomic E-state index is 9.04. The Morgan fingerprint density at radius 1 is 0.913 bits per heavy atom. The Balaban J connectivity index is 1.68. The summed E-state index contributed by atoms with van der Waals surface area (Å²) >= 11 is 11.9. The van der Waals surface area contributed by atoms with E-state index in [4.69, 9.17) is 28.3 Å². The molecule has 3 rings (SSSR count). The molecule has 0 radical (unpaired) electrons. The molecule has 0 bridgehead atoms. The van der Waals surface area contributed by atoms with Gasteiger partial charge in [0.05, 0.1) is 23.2 Å². The lowest BCUT2D eigenvalue weighted by atomic mass is 10.1. The zero-order valence-electron chi connectivity index (χ0n) is 12.2. The number of aliphatic hydroxyl groups excluding tert-OH is 1. The van der Waals surface area contributed by atoms with Crippen LogP contribution in [0.3, 0.4) is 0 Å². The lowest BCUT2D eigenvalue weighted by Crippen LogP contribution is -2.04. The third-order valence-electron chi connectivity index (χ3n) is 3.37. The summed E-state index contributed by atoms with van der Waals surface area (Å²) in [6.07, 6.45) is 0.542. The maximum Gasteiger partial charge on any atom is 0.179 e. The highest BCUT2D eigenvalue weighted by molar-refractivity contribution is 6.42. The molecule has 23 heavy (non-hydrogen) atoms. The number of tetrazole rings is 1. The zero-order valence-corrected chi connectivity index (χ0v) is 13.7. The van der Waals surface area contributed by atoms with Crippen LogP contribution in [0.25, 0.3) is 0 Å². The predicted molar refractivity (Wildman–Crippen MR) is 88.6 cm³/mol. The Bertz CT molecular complexity index is 802. The molecule has 3 aromatic rings. The van der Waals surface area contributed by atoms with Crippen LogP contribution in [0.15, 0.2) is 42.5 Å². The second kappa shape index (κ2) is 7.08. The summed E-state index contributed by atoms with van der Waals surface area (Å²) in [5, 5.41) is 22.6. The Morgan fingerprint density at radius 2 is 1.61 bits per heavy atom. The van der Waals surface area contributed by atoms with Gasteiger partial charge in [-0.1, -0.05) is 53.5 Å². The normalized spacial score (nSPS) is 10.9. The molecule has 2 aromatic carbocycles. The smallest absolute Gasteiger partial charge is 0.179 e. The van der Waals surface area contributed by atoms with E-state index >= 15 is 0 Å². The van der Waals surface area contributed by atoms with Gasteiger partial charge in [0.2, 0.25) is 0 Å². The lowest BCUT2D eigenvalue weighted by Gasteiger charge is -2.01. The van der Waals surface area contributed by atoms with Crippen LogP contribution in [0, 0.1) is 0 Å². The van der Waals surface area contributed by atoms with Crippen molar-refractivity contribution in [3.63, 3.8) is 0 Å². The van der Waals surface area contributed by atoms with Gasteiger partial charge in [-0.2, -0.15) is 4.80 Å². The molecule has 1 N–H and O–H groups in total. The van der Waals surface area contributed by atoms with Crippen LogP contribution < -0.4 is 0 Å². The van der Waals surface area contributed by atoms with Crippen LogP contribution in [0.2, 0.25) is 10.0 Å². The number of nitrogens with zero attached hydrogens (tertiary/aromatic N) is 4. The number of halogens is 2. The molecule has 0 spiro atoms. The second-order valence-electron chi connectivity index (χ2n) is 5.14. The SMILES string of the molecule is OCc1ccc(Cn2nnc(Cc3ccc(Cl)c(Cl)c3)n2)cc1. The monoisotopic (exact) mass is 348 g/mol. The first-order chi connectivity index (χ1) is 11.1. The molecule has 118 valence electrons.